The van der Waals surface area contributed by atoms with E-state index >= 15 is 0 Å². The first kappa shape index (κ1) is 22.8. The first-order valence-corrected chi connectivity index (χ1v) is 12.3. The van der Waals surface area contributed by atoms with Crippen LogP contribution in [0.15, 0.2) is 78.5 Å². The number of rotatable bonds is 6. The molecule has 0 atom stereocenters. The Kier molecular flexibility index (Phi) is 6.96. The molecule has 1 saturated heterocycles. The maximum Gasteiger partial charge on any atom is 0.255 e. The van der Waals surface area contributed by atoms with Crippen molar-refractivity contribution in [1.82, 2.24) is 9.88 Å². The van der Waals surface area contributed by atoms with Crippen molar-refractivity contribution in [3.8, 4) is 0 Å². The number of halogens is 1. The van der Waals surface area contributed by atoms with Crippen molar-refractivity contribution in [3.63, 3.8) is 0 Å². The van der Waals surface area contributed by atoms with E-state index in [0.717, 1.165) is 29.7 Å². The van der Waals surface area contributed by atoms with E-state index in [1.807, 2.05) is 17.0 Å². The number of piperazine rings is 1. The highest BCUT2D eigenvalue weighted by Gasteiger charge is 2.22. The van der Waals surface area contributed by atoms with Crippen LogP contribution < -0.4 is 9.62 Å². The molecule has 7 nitrogen and oxygen atoms in total. The van der Waals surface area contributed by atoms with Crippen molar-refractivity contribution in [2.45, 2.75) is 0 Å². The van der Waals surface area contributed by atoms with E-state index in [0.29, 0.717) is 29.4 Å². The summed E-state index contributed by atoms with van der Waals surface area (Å²) < 4.78 is 27.2. The lowest BCUT2D eigenvalue weighted by molar-refractivity contribution is 0.0747. The van der Waals surface area contributed by atoms with E-state index in [4.69, 9.17) is 11.6 Å². The van der Waals surface area contributed by atoms with Gasteiger partial charge in [0, 0.05) is 60.5 Å². The van der Waals surface area contributed by atoms with Crippen LogP contribution in [0.4, 0.5) is 11.4 Å². The molecule has 33 heavy (non-hydrogen) atoms. The molecule has 1 N–H and O–H groups in total. The van der Waals surface area contributed by atoms with Gasteiger partial charge in [-0.15, -0.1) is 0 Å². The van der Waals surface area contributed by atoms with Crippen molar-refractivity contribution in [1.29, 1.82) is 0 Å². The zero-order valence-electron chi connectivity index (χ0n) is 17.8. The summed E-state index contributed by atoms with van der Waals surface area (Å²) in [6.45, 7) is 2.72. The van der Waals surface area contributed by atoms with Crippen LogP contribution >= 0.6 is 11.6 Å². The van der Waals surface area contributed by atoms with Gasteiger partial charge in [-0.3, -0.25) is 14.5 Å². The molecule has 3 aromatic rings. The predicted octanol–water partition coefficient (Wildman–Crippen LogP) is 4.11. The van der Waals surface area contributed by atoms with Gasteiger partial charge in [0.05, 0.1) is 5.41 Å². The molecule has 2 heterocycles. The lowest BCUT2D eigenvalue weighted by Gasteiger charge is -2.36. The minimum Gasteiger partial charge on any atom is -0.368 e. The Morgan fingerprint density at radius 2 is 1.55 bits per heavy atom. The monoisotopic (exact) mass is 482 g/mol. The molecule has 0 saturated carbocycles. The highest BCUT2D eigenvalue weighted by atomic mass is 35.5. The first-order chi connectivity index (χ1) is 15.9. The number of hydrogen-bond donors (Lipinski definition) is 1. The van der Waals surface area contributed by atoms with Crippen LogP contribution in [-0.4, -0.2) is 50.4 Å². The minimum atomic E-state index is -3.70. The number of pyridine rings is 1. The molecule has 0 spiro atoms. The zero-order chi connectivity index (χ0) is 23.3. The number of aromatic nitrogens is 1. The topological polar surface area (TPSA) is 82.6 Å². The number of carbonyl (C=O) groups is 1. The largest absolute Gasteiger partial charge is 0.368 e. The Morgan fingerprint density at radius 1 is 0.909 bits per heavy atom. The molecule has 0 bridgehead atoms. The van der Waals surface area contributed by atoms with Crippen LogP contribution in [0.25, 0.3) is 6.08 Å². The highest BCUT2D eigenvalue weighted by Crippen LogP contribution is 2.18. The zero-order valence-corrected chi connectivity index (χ0v) is 19.3. The Balaban J connectivity index is 1.34. The van der Waals surface area contributed by atoms with Crippen LogP contribution in [0.1, 0.15) is 15.9 Å². The summed E-state index contributed by atoms with van der Waals surface area (Å²) in [5, 5.41) is 1.68. The van der Waals surface area contributed by atoms with Gasteiger partial charge in [-0.2, -0.15) is 0 Å². The molecule has 4 rings (SSSR count). The van der Waals surface area contributed by atoms with Crippen molar-refractivity contribution in [2.24, 2.45) is 0 Å². The van der Waals surface area contributed by atoms with Crippen LogP contribution in [0.3, 0.4) is 0 Å². The fraction of sp³-hybridized carbons (Fsp3) is 0.167. The molecule has 0 unspecified atom stereocenters. The van der Waals surface area contributed by atoms with E-state index in [1.165, 1.54) is 6.08 Å². The summed E-state index contributed by atoms with van der Waals surface area (Å²) in [7, 11) is -3.70. The Labute approximate surface area is 198 Å². The highest BCUT2D eigenvalue weighted by molar-refractivity contribution is 7.95. The number of benzene rings is 2. The molecule has 170 valence electrons. The fourth-order valence-electron chi connectivity index (χ4n) is 3.53. The van der Waals surface area contributed by atoms with Crippen molar-refractivity contribution >= 4 is 45.0 Å². The van der Waals surface area contributed by atoms with E-state index < -0.39 is 10.0 Å². The fourth-order valence-corrected chi connectivity index (χ4v) is 4.52. The summed E-state index contributed by atoms with van der Waals surface area (Å²) in [6.07, 6.45) is 5.01. The minimum absolute atomic E-state index is 0.0681. The molecule has 0 aliphatic carbocycles. The summed E-state index contributed by atoms with van der Waals surface area (Å²) in [6, 6.07) is 17.2. The summed E-state index contributed by atoms with van der Waals surface area (Å²) in [4.78, 5) is 20.9. The molecular formula is C24H23ClN4O3S. The van der Waals surface area contributed by atoms with Gasteiger partial charge in [-0.25, -0.2) is 8.42 Å². The van der Waals surface area contributed by atoms with Crippen molar-refractivity contribution < 1.29 is 13.2 Å². The molecule has 1 aromatic heterocycles. The van der Waals surface area contributed by atoms with E-state index in [2.05, 4.69) is 14.6 Å². The Bertz CT molecular complexity index is 1220. The van der Waals surface area contributed by atoms with E-state index in [1.54, 1.807) is 60.9 Å². The normalized spacial score (nSPS) is 14.5. The van der Waals surface area contributed by atoms with Gasteiger partial charge in [0.1, 0.15) is 0 Å². The number of nitrogens with one attached hydrogen (secondary N) is 1. The smallest absolute Gasteiger partial charge is 0.255 e. The van der Waals surface area contributed by atoms with Crippen LogP contribution in [0.2, 0.25) is 5.02 Å². The third-order valence-corrected chi connectivity index (χ3v) is 6.56. The summed E-state index contributed by atoms with van der Waals surface area (Å²) in [5.74, 6) is -0.0681. The molecule has 1 aliphatic rings. The van der Waals surface area contributed by atoms with Crippen LogP contribution in [0.5, 0.6) is 0 Å². The standard InChI is InChI=1S/C24H23ClN4O3S/c25-21-5-1-19(2-6-21)11-18-33(31,32)27-22-7-3-20(4-8-22)24(30)29-16-14-28(15-17-29)23-9-12-26-13-10-23/h1-13,18,27H,14-17H2. The maximum absolute atomic E-state index is 12.9. The second-order valence-electron chi connectivity index (χ2n) is 7.56. The number of anilines is 2. The van der Waals surface area contributed by atoms with Gasteiger partial charge < -0.3 is 9.80 Å². The second-order valence-corrected chi connectivity index (χ2v) is 9.57. The van der Waals surface area contributed by atoms with Gasteiger partial charge in [0.2, 0.25) is 0 Å². The third-order valence-electron chi connectivity index (χ3n) is 5.30. The first-order valence-electron chi connectivity index (χ1n) is 10.4. The average Bonchev–Trinajstić information content (AvgIpc) is 2.84. The summed E-state index contributed by atoms with van der Waals surface area (Å²) >= 11 is 5.84. The Hall–Kier alpha value is -3.36. The predicted molar refractivity (Wildman–Crippen MR) is 132 cm³/mol. The average molecular weight is 483 g/mol. The molecule has 2 aromatic carbocycles. The number of sulfonamides is 1. The van der Waals surface area contributed by atoms with Crippen molar-refractivity contribution in [3.05, 3.63) is 94.6 Å². The van der Waals surface area contributed by atoms with Gasteiger partial charge in [-0.05, 0) is 60.2 Å². The van der Waals surface area contributed by atoms with Gasteiger partial charge in [0.15, 0.2) is 0 Å². The van der Waals surface area contributed by atoms with Gasteiger partial charge in [-0.1, -0.05) is 23.7 Å². The molecule has 0 radical (unpaired) electrons. The Morgan fingerprint density at radius 3 is 2.18 bits per heavy atom. The maximum atomic E-state index is 12.9. The summed E-state index contributed by atoms with van der Waals surface area (Å²) in [5.41, 5.74) is 2.72. The second kappa shape index (κ2) is 10.1. The molecule has 1 fully saturated rings. The lowest BCUT2D eigenvalue weighted by atomic mass is 10.1. The molecule has 1 amide bonds. The van der Waals surface area contributed by atoms with E-state index in [9.17, 15) is 13.2 Å². The number of nitrogens with zero attached hydrogens (tertiary/aromatic N) is 3. The van der Waals surface area contributed by atoms with Crippen LogP contribution in [0, 0.1) is 0 Å². The quantitative estimate of drug-likeness (QED) is 0.571. The number of hydrogen-bond acceptors (Lipinski definition) is 5. The lowest BCUT2D eigenvalue weighted by Crippen LogP contribution is -2.48. The molecule has 9 heteroatoms. The molecule has 1 aliphatic heterocycles. The third kappa shape index (κ3) is 6.12. The van der Waals surface area contributed by atoms with Crippen LogP contribution in [-0.2, 0) is 10.0 Å². The van der Waals surface area contributed by atoms with Gasteiger partial charge >= 0.3 is 0 Å². The van der Waals surface area contributed by atoms with Gasteiger partial charge in [0.25, 0.3) is 15.9 Å². The number of amides is 1. The van der Waals surface area contributed by atoms with Crippen molar-refractivity contribution in [2.75, 3.05) is 35.8 Å². The van der Waals surface area contributed by atoms with E-state index in [-0.39, 0.29) is 5.91 Å². The number of carbonyl (C=O) groups excluding carboxylic acids is 1. The SMILES string of the molecule is O=C(c1ccc(NS(=O)(=O)C=Cc2ccc(Cl)cc2)cc1)N1CCN(c2ccncc2)CC1. The molecular weight excluding hydrogens is 460 g/mol.